The Kier molecular flexibility index (Phi) is 16.4. The molecule has 2 rings (SSSR count). The Morgan fingerprint density at radius 3 is 1.71 bits per heavy atom. The molecule has 0 atom stereocenters. The molecule has 194 valence electrons. The summed E-state index contributed by atoms with van der Waals surface area (Å²) in [7, 11) is 0. The van der Waals surface area contributed by atoms with Crippen LogP contribution in [0, 0.1) is 0 Å². The topological polar surface area (TPSA) is 26.3 Å². The van der Waals surface area contributed by atoms with E-state index in [1.165, 1.54) is 107 Å². The average Bonchev–Trinajstić information content (AvgIpc) is 2.88. The Morgan fingerprint density at radius 1 is 0.629 bits per heavy atom. The lowest BCUT2D eigenvalue weighted by Gasteiger charge is -2.08. The average molecular weight is 497 g/mol. The van der Waals surface area contributed by atoms with Crippen molar-refractivity contribution in [2.24, 2.45) is 0 Å². The monoisotopic (exact) mass is 496 g/mol. The van der Waals surface area contributed by atoms with E-state index in [4.69, 9.17) is 4.74 Å². The van der Waals surface area contributed by atoms with Gasteiger partial charge in [0.15, 0.2) is 0 Å². The van der Waals surface area contributed by atoms with Crippen LogP contribution < -0.4 is 4.74 Å². The van der Waals surface area contributed by atoms with E-state index in [0.29, 0.717) is 0 Å². The highest BCUT2D eigenvalue weighted by atomic mass is 32.2. The maximum Gasteiger partial charge on any atom is 0.224 e. The molecule has 2 nitrogen and oxygen atoms in total. The first-order valence-electron chi connectivity index (χ1n) is 14.3. The molecule has 35 heavy (non-hydrogen) atoms. The lowest BCUT2D eigenvalue weighted by molar-refractivity contribution is 0.108. The second-order valence-electron chi connectivity index (χ2n) is 9.75. The van der Waals surface area contributed by atoms with E-state index >= 15 is 0 Å². The number of hydrogen-bond acceptors (Lipinski definition) is 3. The van der Waals surface area contributed by atoms with Gasteiger partial charge >= 0.3 is 0 Å². The summed E-state index contributed by atoms with van der Waals surface area (Å²) in [5, 5.41) is 0.0799. The Labute approximate surface area is 219 Å². The Morgan fingerprint density at radius 2 is 1.14 bits per heavy atom. The summed E-state index contributed by atoms with van der Waals surface area (Å²) in [6.45, 7) is 5.26. The Hall–Kier alpha value is -1.74. The molecule has 0 heterocycles. The van der Waals surface area contributed by atoms with Crippen LogP contribution in [0.5, 0.6) is 5.75 Å². The number of carbonyl (C=O) groups excluding carboxylic acids is 1. The van der Waals surface area contributed by atoms with Crippen LogP contribution in [0.25, 0.3) is 0 Å². The zero-order chi connectivity index (χ0) is 25.0. The van der Waals surface area contributed by atoms with E-state index in [1.807, 2.05) is 24.3 Å². The van der Waals surface area contributed by atoms with Gasteiger partial charge in [0.05, 0.1) is 6.61 Å². The van der Waals surface area contributed by atoms with Crippen molar-refractivity contribution in [2.75, 3.05) is 6.61 Å². The van der Waals surface area contributed by atoms with Gasteiger partial charge in [0.2, 0.25) is 5.12 Å². The van der Waals surface area contributed by atoms with Crippen molar-refractivity contribution in [3.8, 4) is 5.75 Å². The molecule has 0 N–H and O–H groups in total. The highest BCUT2D eigenvalue weighted by Crippen LogP contribution is 2.25. The van der Waals surface area contributed by atoms with Crippen molar-refractivity contribution in [3.63, 3.8) is 0 Å². The standard InChI is InChI=1S/C32H48O2S/c1-3-5-7-8-9-10-11-12-13-14-15-17-27-34-30-23-21-29(22-24-30)32(33)35-31-25-19-28(20-26-31)18-16-6-4-2/h19-26H,3-18,27H2,1-2H3. The summed E-state index contributed by atoms with van der Waals surface area (Å²) in [5.74, 6) is 0.853. The molecule has 2 aromatic carbocycles. The number of hydrogen-bond donors (Lipinski definition) is 0. The van der Waals surface area contributed by atoms with E-state index in [1.54, 1.807) is 0 Å². The molecule has 3 heteroatoms. The molecular weight excluding hydrogens is 448 g/mol. The molecule has 0 saturated carbocycles. The zero-order valence-corrected chi connectivity index (χ0v) is 23.2. The molecule has 0 amide bonds. The Bertz CT molecular complexity index is 782. The summed E-state index contributed by atoms with van der Waals surface area (Å²) in [6.07, 6.45) is 21.1. The number of rotatable bonds is 20. The van der Waals surface area contributed by atoms with Crippen LogP contribution in [-0.4, -0.2) is 11.7 Å². The first kappa shape index (κ1) is 29.5. The third kappa shape index (κ3) is 13.8. The first-order valence-corrected chi connectivity index (χ1v) is 15.1. The van der Waals surface area contributed by atoms with E-state index in [2.05, 4.69) is 38.1 Å². The van der Waals surface area contributed by atoms with Gasteiger partial charge in [-0.15, -0.1) is 0 Å². The van der Waals surface area contributed by atoms with Gasteiger partial charge in [0, 0.05) is 10.5 Å². The highest BCUT2D eigenvalue weighted by Gasteiger charge is 2.09. The Balaban J connectivity index is 1.54. The lowest BCUT2D eigenvalue weighted by Crippen LogP contribution is -1.98. The van der Waals surface area contributed by atoms with Crippen molar-refractivity contribution in [3.05, 3.63) is 59.7 Å². The molecule has 0 fully saturated rings. The molecule has 0 saturated heterocycles. The summed E-state index contributed by atoms with van der Waals surface area (Å²) >= 11 is 1.30. The van der Waals surface area contributed by atoms with Gasteiger partial charge in [0.1, 0.15) is 5.75 Å². The van der Waals surface area contributed by atoms with Gasteiger partial charge in [-0.2, -0.15) is 0 Å². The molecule has 0 radical (unpaired) electrons. The van der Waals surface area contributed by atoms with Gasteiger partial charge in [0.25, 0.3) is 0 Å². The normalized spacial score (nSPS) is 11.0. The third-order valence-electron chi connectivity index (χ3n) is 6.56. The predicted octanol–water partition coefficient (Wildman–Crippen LogP) is 10.4. The zero-order valence-electron chi connectivity index (χ0n) is 22.4. The van der Waals surface area contributed by atoms with E-state index < -0.39 is 0 Å². The summed E-state index contributed by atoms with van der Waals surface area (Å²) in [5.41, 5.74) is 2.07. The van der Waals surface area contributed by atoms with E-state index in [0.717, 1.165) is 35.7 Å². The smallest absolute Gasteiger partial charge is 0.224 e. The van der Waals surface area contributed by atoms with Crippen molar-refractivity contribution in [2.45, 2.75) is 121 Å². The van der Waals surface area contributed by atoms with Crippen molar-refractivity contribution in [1.82, 2.24) is 0 Å². The van der Waals surface area contributed by atoms with Crippen LogP contribution in [0.1, 0.15) is 126 Å². The summed E-state index contributed by atoms with van der Waals surface area (Å²) in [4.78, 5) is 13.6. The summed E-state index contributed by atoms with van der Waals surface area (Å²) < 4.78 is 5.89. The molecule has 0 aliphatic carbocycles. The molecule has 2 aromatic rings. The van der Waals surface area contributed by atoms with Crippen LogP contribution in [0.3, 0.4) is 0 Å². The molecule has 0 bridgehead atoms. The molecular formula is C32H48O2S. The van der Waals surface area contributed by atoms with Crippen LogP contribution in [0.15, 0.2) is 53.4 Å². The van der Waals surface area contributed by atoms with Gasteiger partial charge in [-0.25, -0.2) is 0 Å². The number of ether oxygens (including phenoxy) is 1. The van der Waals surface area contributed by atoms with Gasteiger partial charge in [-0.3, -0.25) is 4.79 Å². The van der Waals surface area contributed by atoms with Crippen molar-refractivity contribution < 1.29 is 9.53 Å². The molecule has 0 aliphatic rings. The fourth-order valence-corrected chi connectivity index (χ4v) is 5.03. The van der Waals surface area contributed by atoms with E-state index in [-0.39, 0.29) is 5.12 Å². The second-order valence-corrected chi connectivity index (χ2v) is 10.8. The van der Waals surface area contributed by atoms with Gasteiger partial charge < -0.3 is 4.74 Å². The van der Waals surface area contributed by atoms with Crippen molar-refractivity contribution in [1.29, 1.82) is 0 Å². The SMILES string of the molecule is CCCCCCCCCCCCCCOc1ccc(C(=O)Sc2ccc(CCCCC)cc2)cc1. The van der Waals surface area contributed by atoms with Crippen LogP contribution in [0.2, 0.25) is 0 Å². The lowest BCUT2D eigenvalue weighted by atomic mass is 10.1. The third-order valence-corrected chi connectivity index (χ3v) is 7.49. The van der Waals surface area contributed by atoms with E-state index in [9.17, 15) is 4.79 Å². The maximum atomic E-state index is 12.6. The van der Waals surface area contributed by atoms with Crippen LogP contribution >= 0.6 is 11.8 Å². The number of benzene rings is 2. The highest BCUT2D eigenvalue weighted by molar-refractivity contribution is 8.14. The van der Waals surface area contributed by atoms with Gasteiger partial charge in [-0.05, 0) is 73.0 Å². The minimum atomic E-state index is 0.0799. The quantitative estimate of drug-likeness (QED) is 0.135. The van der Waals surface area contributed by atoms with Gasteiger partial charge in [-0.1, -0.05) is 109 Å². The first-order chi connectivity index (χ1) is 17.2. The van der Waals surface area contributed by atoms with Crippen LogP contribution in [-0.2, 0) is 6.42 Å². The fraction of sp³-hybridized carbons (Fsp3) is 0.594. The largest absolute Gasteiger partial charge is 0.494 e. The predicted molar refractivity (Wildman–Crippen MR) is 153 cm³/mol. The minimum Gasteiger partial charge on any atom is -0.494 e. The fourth-order valence-electron chi connectivity index (χ4n) is 4.29. The van der Waals surface area contributed by atoms with Crippen molar-refractivity contribution >= 4 is 16.9 Å². The molecule has 0 spiro atoms. The maximum absolute atomic E-state index is 12.6. The van der Waals surface area contributed by atoms with Crippen LogP contribution in [0.4, 0.5) is 0 Å². The molecule has 0 aromatic heterocycles. The molecule has 0 unspecified atom stereocenters. The number of thioether (sulfide) groups is 1. The minimum absolute atomic E-state index is 0.0799. The molecule has 0 aliphatic heterocycles. The second kappa shape index (κ2) is 19.4. The number of aryl methyl sites for hydroxylation is 1. The number of unbranched alkanes of at least 4 members (excludes halogenated alkanes) is 13. The number of carbonyl (C=O) groups is 1. The summed E-state index contributed by atoms with van der Waals surface area (Å²) in [6, 6.07) is 16.0.